The Morgan fingerprint density at radius 1 is 0.556 bits per heavy atom. The molecule has 0 aliphatic heterocycles. The Hall–Kier alpha value is -3.26. The van der Waals surface area contributed by atoms with Crippen LogP contribution in [0.2, 0.25) is 5.02 Å². The maximum Gasteiger partial charge on any atom is 0.182 e. The minimum Gasteiger partial charge on any atom is -0.299 e. The Labute approximate surface area is 271 Å². The third kappa shape index (κ3) is 6.02. The molecule has 0 spiro atoms. The zero-order valence-corrected chi connectivity index (χ0v) is 27.9. The van der Waals surface area contributed by atoms with Crippen molar-refractivity contribution in [2.24, 2.45) is 11.8 Å². The highest BCUT2D eigenvalue weighted by Gasteiger charge is 2.56. The number of aryl methyl sites for hydroxylation is 3. The van der Waals surface area contributed by atoms with Gasteiger partial charge in [0.05, 0.1) is 20.3 Å². The van der Waals surface area contributed by atoms with Gasteiger partial charge < -0.3 is 0 Å². The molecule has 6 rings (SSSR count). The van der Waals surface area contributed by atoms with Gasteiger partial charge in [0.25, 0.3) is 0 Å². The summed E-state index contributed by atoms with van der Waals surface area (Å²) in [6.07, 6.45) is 0.353. The van der Waals surface area contributed by atoms with Gasteiger partial charge in [-0.2, -0.15) is 0 Å². The number of rotatable bonds is 6. The van der Waals surface area contributed by atoms with Crippen LogP contribution in [0.15, 0.2) is 107 Å². The molecule has 234 valence electrons. The molecule has 4 aromatic carbocycles. The molecule has 2 fully saturated rings. The van der Waals surface area contributed by atoms with E-state index < -0.39 is 53.8 Å². The predicted molar refractivity (Wildman–Crippen MR) is 178 cm³/mol. The second-order valence-corrected chi connectivity index (χ2v) is 17.5. The zero-order valence-electron chi connectivity index (χ0n) is 25.6. The van der Waals surface area contributed by atoms with Gasteiger partial charge in [-0.15, -0.1) is 0 Å². The topological polar surface area (TPSA) is 85.3 Å². The summed E-state index contributed by atoms with van der Waals surface area (Å²) in [6.45, 7) is 5.79. The van der Waals surface area contributed by atoms with Crippen molar-refractivity contribution < 1.29 is 21.6 Å². The third-order valence-corrected chi connectivity index (χ3v) is 14.7. The number of hydrogen-bond donors (Lipinski definition) is 0. The second-order valence-electron chi connectivity index (χ2n) is 12.8. The van der Waals surface area contributed by atoms with E-state index in [0.29, 0.717) is 5.02 Å². The lowest BCUT2D eigenvalue weighted by molar-refractivity contribution is -0.128. The molecule has 4 aromatic rings. The van der Waals surface area contributed by atoms with E-state index in [1.165, 1.54) is 0 Å². The summed E-state index contributed by atoms with van der Waals surface area (Å²) in [5.41, 5.74) is 4.52. The molecule has 0 heterocycles. The van der Waals surface area contributed by atoms with Crippen LogP contribution in [-0.4, -0.2) is 33.1 Å². The molecule has 0 N–H and O–H groups in total. The van der Waals surface area contributed by atoms with Crippen LogP contribution in [-0.2, 0) is 24.5 Å². The predicted octanol–water partition coefficient (Wildman–Crippen LogP) is 7.82. The van der Waals surface area contributed by atoms with Gasteiger partial charge in [-0.1, -0.05) is 89.0 Å². The van der Waals surface area contributed by atoms with E-state index in [-0.39, 0.29) is 34.8 Å². The number of benzene rings is 4. The fraction of sp³-hybridized carbons (Fsp3) is 0.324. The van der Waals surface area contributed by atoms with E-state index in [1.807, 2.05) is 57.2 Å². The van der Waals surface area contributed by atoms with Crippen molar-refractivity contribution in [1.82, 2.24) is 0 Å². The maximum absolute atomic E-state index is 14.7. The van der Waals surface area contributed by atoms with Crippen LogP contribution >= 0.6 is 11.6 Å². The van der Waals surface area contributed by atoms with Crippen molar-refractivity contribution in [2.75, 3.05) is 0 Å². The Morgan fingerprint density at radius 2 is 1.00 bits per heavy atom. The summed E-state index contributed by atoms with van der Waals surface area (Å²) in [4.78, 5) is 14.5. The largest absolute Gasteiger partial charge is 0.299 e. The fourth-order valence-corrected chi connectivity index (χ4v) is 11.9. The minimum atomic E-state index is -3.94. The first-order chi connectivity index (χ1) is 21.4. The summed E-state index contributed by atoms with van der Waals surface area (Å²) in [5.74, 6) is -2.45. The van der Waals surface area contributed by atoms with Crippen LogP contribution in [0.4, 0.5) is 0 Å². The number of ketones is 1. The normalized spacial score (nSPS) is 25.5. The van der Waals surface area contributed by atoms with Crippen molar-refractivity contribution in [3.8, 4) is 0 Å². The molecular weight excluding hydrogens is 624 g/mol. The summed E-state index contributed by atoms with van der Waals surface area (Å²) in [5, 5.41) is -1.26. The fourth-order valence-electron chi connectivity index (χ4n) is 7.47. The zero-order chi connectivity index (χ0) is 32.1. The lowest BCUT2D eigenvalue weighted by Gasteiger charge is -2.48. The van der Waals surface area contributed by atoms with Gasteiger partial charge in [-0.05, 0) is 87.1 Å². The highest BCUT2D eigenvalue weighted by atomic mass is 35.5. The van der Waals surface area contributed by atoms with E-state index >= 15 is 0 Å². The molecule has 0 radical (unpaired) electrons. The standard InChI is InChI=1S/C37H37ClO5S2/c1-23-4-10-26(11-5-23)31-20-34-33(22-36(31)44(40,41)29-16-6-24(2)7-17-29)35(39)21-32(27-12-14-28(38)15-13-27)37(34)45(42,43)30-18-8-25(3)9-19-30/h4-19,31-34,36-37H,20-22H2,1-3H3/t31?,32?,33?,34-,36?,37?/m0/s1. The first-order valence-electron chi connectivity index (χ1n) is 15.3. The molecule has 5 unspecified atom stereocenters. The van der Waals surface area contributed by atoms with E-state index in [2.05, 4.69) is 0 Å². The van der Waals surface area contributed by atoms with E-state index in [4.69, 9.17) is 11.6 Å². The third-order valence-electron chi connectivity index (χ3n) is 9.89. The van der Waals surface area contributed by atoms with E-state index in [1.54, 1.807) is 60.7 Å². The van der Waals surface area contributed by atoms with Crippen molar-refractivity contribution in [1.29, 1.82) is 0 Å². The van der Waals surface area contributed by atoms with Crippen molar-refractivity contribution >= 4 is 37.1 Å². The van der Waals surface area contributed by atoms with Gasteiger partial charge in [0, 0.05) is 29.2 Å². The van der Waals surface area contributed by atoms with Crippen LogP contribution in [0.3, 0.4) is 0 Å². The quantitative estimate of drug-likeness (QED) is 0.211. The van der Waals surface area contributed by atoms with E-state index in [9.17, 15) is 21.6 Å². The van der Waals surface area contributed by atoms with Gasteiger partial charge in [0.1, 0.15) is 5.78 Å². The van der Waals surface area contributed by atoms with Crippen LogP contribution in [0.25, 0.3) is 0 Å². The molecule has 2 saturated carbocycles. The average molecular weight is 661 g/mol. The average Bonchev–Trinajstić information content (AvgIpc) is 3.01. The van der Waals surface area contributed by atoms with Gasteiger partial charge in [0.15, 0.2) is 19.7 Å². The van der Waals surface area contributed by atoms with Gasteiger partial charge in [-0.25, -0.2) is 16.8 Å². The Kier molecular flexibility index (Phi) is 8.57. The summed E-state index contributed by atoms with van der Waals surface area (Å²) in [7, 11) is -7.79. The van der Waals surface area contributed by atoms with Crippen LogP contribution in [0, 0.1) is 32.6 Å². The summed E-state index contributed by atoms with van der Waals surface area (Å²) in [6, 6.07) is 28.6. The molecule has 6 atom stereocenters. The lowest BCUT2D eigenvalue weighted by Crippen LogP contribution is -2.53. The second kappa shape index (κ2) is 12.2. The number of fused-ring (bicyclic) bond motifs is 1. The van der Waals surface area contributed by atoms with Crippen LogP contribution in [0.1, 0.15) is 58.9 Å². The number of carbonyl (C=O) groups excluding carboxylic acids is 1. The first-order valence-corrected chi connectivity index (χ1v) is 18.8. The summed E-state index contributed by atoms with van der Waals surface area (Å²) < 4.78 is 58.0. The minimum absolute atomic E-state index is 0.0189. The number of Topliss-reactive ketones (excluding diaryl/α,β-unsaturated/α-hetero) is 1. The number of carbonyl (C=O) groups is 1. The molecule has 2 aliphatic carbocycles. The maximum atomic E-state index is 14.7. The van der Waals surface area contributed by atoms with Crippen LogP contribution < -0.4 is 0 Å². The van der Waals surface area contributed by atoms with Gasteiger partial charge in [0.2, 0.25) is 0 Å². The monoisotopic (exact) mass is 660 g/mol. The Balaban J connectivity index is 1.51. The highest BCUT2D eigenvalue weighted by Crippen LogP contribution is 2.54. The van der Waals surface area contributed by atoms with Crippen LogP contribution in [0.5, 0.6) is 0 Å². The molecular formula is C37H37ClO5S2. The molecule has 0 bridgehead atoms. The van der Waals surface area contributed by atoms with Gasteiger partial charge in [-0.3, -0.25) is 4.79 Å². The Bertz CT molecular complexity index is 1920. The molecule has 5 nitrogen and oxygen atoms in total. The smallest absolute Gasteiger partial charge is 0.182 e. The summed E-state index contributed by atoms with van der Waals surface area (Å²) >= 11 is 6.20. The van der Waals surface area contributed by atoms with Gasteiger partial charge >= 0.3 is 0 Å². The molecule has 0 saturated heterocycles. The number of sulfone groups is 2. The number of halogens is 1. The molecule has 2 aliphatic rings. The van der Waals surface area contributed by atoms with Crippen molar-refractivity contribution in [2.45, 2.75) is 72.2 Å². The van der Waals surface area contributed by atoms with E-state index in [0.717, 1.165) is 27.8 Å². The van der Waals surface area contributed by atoms with Crippen molar-refractivity contribution in [3.05, 3.63) is 130 Å². The molecule has 8 heteroatoms. The van der Waals surface area contributed by atoms with Crippen molar-refractivity contribution in [3.63, 3.8) is 0 Å². The Morgan fingerprint density at radius 3 is 1.53 bits per heavy atom. The SMILES string of the molecule is Cc1ccc(C2C[C@H]3C(CC2S(=O)(=O)c2ccc(C)cc2)C(=O)CC(c2ccc(Cl)cc2)C3S(=O)(=O)c2ccc(C)cc2)cc1. The number of hydrogen-bond acceptors (Lipinski definition) is 5. The first kappa shape index (κ1) is 31.7. The molecule has 45 heavy (non-hydrogen) atoms. The molecule has 0 amide bonds. The molecule has 0 aromatic heterocycles. The lowest BCUT2D eigenvalue weighted by atomic mass is 9.61. The highest BCUT2D eigenvalue weighted by molar-refractivity contribution is 7.92.